The average Bonchev–Trinajstić information content (AvgIpc) is 2.60. The lowest BCUT2D eigenvalue weighted by molar-refractivity contribution is -0.131. The van der Waals surface area contributed by atoms with E-state index in [1.807, 2.05) is 0 Å². The number of rotatable bonds is 4. The minimum absolute atomic E-state index is 0.114. The van der Waals surface area contributed by atoms with Crippen LogP contribution in [-0.2, 0) is 29.4 Å². The van der Waals surface area contributed by atoms with Gasteiger partial charge < -0.3 is 19.6 Å². The summed E-state index contributed by atoms with van der Waals surface area (Å²) < 4.78 is 40.2. The van der Waals surface area contributed by atoms with Crippen molar-refractivity contribution in [2.75, 3.05) is 0 Å². The van der Waals surface area contributed by atoms with Crippen LogP contribution in [-0.4, -0.2) is 30.9 Å². The van der Waals surface area contributed by atoms with Crippen molar-refractivity contribution in [2.24, 2.45) is 0 Å². The van der Waals surface area contributed by atoms with Crippen LogP contribution in [0.4, 0.5) is 0 Å². The van der Waals surface area contributed by atoms with Crippen LogP contribution in [0, 0.1) is 0 Å². The summed E-state index contributed by atoms with van der Waals surface area (Å²) in [5, 5.41) is 7.57. The average molecular weight is 429 g/mol. The molecule has 2 atom stereocenters. The summed E-state index contributed by atoms with van der Waals surface area (Å²) in [7, 11) is -10.1. The molecule has 3 N–H and O–H groups in total. The number of ether oxygens (including phenoxy) is 1. The third-order valence-electron chi connectivity index (χ3n) is 3.96. The molecule has 12 heteroatoms. The Kier molecular flexibility index (Phi) is 5.58. The smallest absolute Gasteiger partial charge is 0.374 e. The molecular weight excluding hydrogens is 412 g/mol. The van der Waals surface area contributed by atoms with Crippen LogP contribution in [0.5, 0.6) is 5.75 Å². The van der Waals surface area contributed by atoms with E-state index in [9.17, 15) is 28.8 Å². The molecule has 0 bridgehead atoms. The second-order valence-electron chi connectivity index (χ2n) is 6.06. The molecule has 2 aromatic rings. The molecule has 2 heterocycles. The zero-order valence-electron chi connectivity index (χ0n) is 14.5. The number of nitrogens with zero attached hydrogens (tertiary/aromatic N) is 1. The van der Waals surface area contributed by atoms with Crippen molar-refractivity contribution in [2.45, 2.75) is 24.7 Å². The highest BCUT2D eigenvalue weighted by Crippen LogP contribution is 2.79. The number of hydrogen-bond acceptors (Lipinski definition) is 8. The van der Waals surface area contributed by atoms with E-state index in [-0.39, 0.29) is 16.9 Å². The molecule has 10 nitrogen and oxygen atoms in total. The summed E-state index contributed by atoms with van der Waals surface area (Å²) in [4.78, 5) is 35.3. The Bertz CT molecular complexity index is 938. The van der Waals surface area contributed by atoms with E-state index in [0.29, 0.717) is 0 Å². The first-order valence-electron chi connectivity index (χ1n) is 7.96. The van der Waals surface area contributed by atoms with Gasteiger partial charge in [0.2, 0.25) is 6.29 Å². The predicted molar refractivity (Wildman–Crippen MR) is 95.2 cm³/mol. The van der Waals surface area contributed by atoms with E-state index in [1.165, 1.54) is 55.7 Å². The zero-order chi connectivity index (χ0) is 20.6. The minimum atomic E-state index is -5.05. The summed E-state index contributed by atoms with van der Waals surface area (Å²) in [5.41, 5.74) is 0.354. The molecular formula is C16H17NO9P2. The molecule has 0 radical (unpaired) electrons. The van der Waals surface area contributed by atoms with Crippen molar-refractivity contribution >= 4 is 21.2 Å². The topological polar surface area (TPSA) is 152 Å². The van der Waals surface area contributed by atoms with E-state index >= 15 is 0 Å². The van der Waals surface area contributed by atoms with Gasteiger partial charge in [-0.3, -0.25) is 28.0 Å². The van der Waals surface area contributed by atoms with Gasteiger partial charge in [0.15, 0.2) is 0 Å². The molecule has 1 aromatic heterocycles. The number of esters is 1. The molecule has 0 aliphatic carbocycles. The van der Waals surface area contributed by atoms with Crippen LogP contribution in [0.25, 0.3) is 0 Å². The number of benzene rings is 1. The van der Waals surface area contributed by atoms with Crippen molar-refractivity contribution in [3.63, 3.8) is 0 Å². The molecule has 1 aliphatic rings. The maximum atomic E-state index is 12.7. The summed E-state index contributed by atoms with van der Waals surface area (Å²) in [6.45, 7) is 1.22. The van der Waals surface area contributed by atoms with Gasteiger partial charge in [0, 0.05) is 31.3 Å². The monoisotopic (exact) mass is 429 g/mol. The van der Waals surface area contributed by atoms with E-state index in [0.717, 1.165) is 0 Å². The second kappa shape index (κ2) is 7.50. The van der Waals surface area contributed by atoms with Crippen molar-refractivity contribution < 1.29 is 42.6 Å². The Morgan fingerprint density at radius 1 is 1.18 bits per heavy atom. The maximum absolute atomic E-state index is 12.7. The minimum Gasteiger partial charge on any atom is -0.427 e. The highest BCUT2D eigenvalue weighted by molar-refractivity contribution is 7.73. The largest absolute Gasteiger partial charge is 0.427 e. The van der Waals surface area contributed by atoms with E-state index in [4.69, 9.17) is 13.8 Å². The predicted octanol–water partition coefficient (Wildman–Crippen LogP) is 2.31. The highest BCUT2D eigenvalue weighted by Gasteiger charge is 2.67. The van der Waals surface area contributed by atoms with Gasteiger partial charge in [0.05, 0.1) is 0 Å². The van der Waals surface area contributed by atoms with Crippen LogP contribution in [0.2, 0.25) is 0 Å². The van der Waals surface area contributed by atoms with Crippen LogP contribution >= 0.6 is 15.2 Å². The Balaban J connectivity index is 1.88. The third kappa shape index (κ3) is 3.94. The lowest BCUT2D eigenvalue weighted by Gasteiger charge is -2.41. The van der Waals surface area contributed by atoms with Crippen molar-refractivity contribution in [3.8, 4) is 5.75 Å². The quantitative estimate of drug-likeness (QED) is 0.375. The molecule has 1 aromatic carbocycles. The number of pyridine rings is 1. The van der Waals surface area contributed by atoms with Crippen LogP contribution in [0.1, 0.15) is 24.3 Å². The van der Waals surface area contributed by atoms with Crippen LogP contribution < -0.4 is 4.74 Å². The van der Waals surface area contributed by atoms with E-state index < -0.39 is 39.0 Å². The van der Waals surface area contributed by atoms with Gasteiger partial charge in [0.1, 0.15) is 5.75 Å². The first-order chi connectivity index (χ1) is 13.0. The lowest BCUT2D eigenvalue weighted by Crippen LogP contribution is -2.37. The van der Waals surface area contributed by atoms with E-state index in [1.54, 1.807) is 0 Å². The number of hydrogen-bond donors (Lipinski definition) is 3. The van der Waals surface area contributed by atoms with Gasteiger partial charge in [0.25, 0.3) is 5.08 Å². The fourth-order valence-electron chi connectivity index (χ4n) is 2.56. The van der Waals surface area contributed by atoms with Crippen molar-refractivity contribution in [1.29, 1.82) is 0 Å². The zero-order valence-corrected chi connectivity index (χ0v) is 16.3. The van der Waals surface area contributed by atoms with Gasteiger partial charge in [-0.15, -0.1) is 0 Å². The van der Waals surface area contributed by atoms with Crippen LogP contribution in [0.15, 0.2) is 48.8 Å². The fourth-order valence-corrected chi connectivity index (χ4v) is 6.14. The number of aromatic nitrogens is 1. The fraction of sp³-hybridized carbons (Fsp3) is 0.250. The molecule has 1 saturated heterocycles. The molecule has 2 unspecified atom stereocenters. The van der Waals surface area contributed by atoms with Gasteiger partial charge in [-0.05, 0) is 23.8 Å². The van der Waals surface area contributed by atoms with Gasteiger partial charge >= 0.3 is 21.2 Å². The molecule has 1 fully saturated rings. The Morgan fingerprint density at radius 3 is 2.29 bits per heavy atom. The van der Waals surface area contributed by atoms with E-state index in [2.05, 4.69) is 4.98 Å². The molecule has 0 saturated carbocycles. The second-order valence-corrected chi connectivity index (χ2v) is 10.4. The molecule has 28 heavy (non-hydrogen) atoms. The maximum Gasteiger partial charge on any atom is 0.374 e. The normalized spacial score (nSPS) is 32.6. The summed E-state index contributed by atoms with van der Waals surface area (Å²) in [6, 6.07) is 8.32. The Labute approximate surface area is 159 Å². The summed E-state index contributed by atoms with van der Waals surface area (Å²) in [6.07, 6.45) is 0.346. The lowest BCUT2D eigenvalue weighted by atomic mass is 10.2. The SMILES string of the molecule is CC(=O)Oc1ccc(C2OP(=O)(O)C(O)(Cc3cccnc3)P(=O)(O)O2)cc1. The third-order valence-corrected chi connectivity index (χ3v) is 8.56. The number of aliphatic hydroxyl groups is 1. The van der Waals surface area contributed by atoms with Crippen LogP contribution in [0.3, 0.4) is 0 Å². The highest BCUT2D eigenvalue weighted by atomic mass is 31.2. The van der Waals surface area contributed by atoms with Crippen molar-refractivity contribution in [1.82, 2.24) is 4.98 Å². The first-order valence-corrected chi connectivity index (χ1v) is 11.1. The standard InChI is InChI=1S/C16H17NO9P2/c1-11(18)24-14-6-4-13(5-7-14)15-25-27(20,21)16(19,28(22,23)26-15)9-12-3-2-8-17-10-12/h2-8,10,15,19H,9H2,1H3,(H,20,21)(H,22,23). The molecule has 0 spiro atoms. The molecule has 1 aliphatic heterocycles. The number of carbonyl (C=O) groups excluding carboxylic acids is 1. The Morgan fingerprint density at radius 2 is 1.79 bits per heavy atom. The Hall–Kier alpha value is -1.90. The van der Waals surface area contributed by atoms with Crippen molar-refractivity contribution in [3.05, 3.63) is 59.9 Å². The molecule has 150 valence electrons. The van der Waals surface area contributed by atoms with Gasteiger partial charge in [-0.1, -0.05) is 18.2 Å². The first kappa shape index (κ1) is 20.8. The summed E-state index contributed by atoms with van der Waals surface area (Å²) in [5.74, 6) is -0.349. The van der Waals surface area contributed by atoms with Gasteiger partial charge in [-0.25, -0.2) is 0 Å². The molecule has 3 rings (SSSR count). The molecule has 0 amide bonds. The number of carbonyl (C=O) groups is 1. The summed E-state index contributed by atoms with van der Waals surface area (Å²) >= 11 is 0. The van der Waals surface area contributed by atoms with Gasteiger partial charge in [-0.2, -0.15) is 0 Å².